The summed E-state index contributed by atoms with van der Waals surface area (Å²) in [6, 6.07) is 4.74. The van der Waals surface area contributed by atoms with Crippen molar-refractivity contribution in [1.82, 2.24) is 0 Å². The van der Waals surface area contributed by atoms with Gasteiger partial charge in [0.05, 0.1) is 11.5 Å². The lowest BCUT2D eigenvalue weighted by molar-refractivity contribution is -0.385. The molecular formula is C12H13Cl2NO3. The molecule has 0 radical (unpaired) electrons. The van der Waals surface area contributed by atoms with Gasteiger partial charge in [0.25, 0.3) is 5.69 Å². The summed E-state index contributed by atoms with van der Waals surface area (Å²) in [7, 11) is 0. The van der Waals surface area contributed by atoms with E-state index in [1.807, 2.05) is 0 Å². The van der Waals surface area contributed by atoms with Crippen molar-refractivity contribution >= 4 is 28.9 Å². The highest BCUT2D eigenvalue weighted by Crippen LogP contribution is 2.29. The van der Waals surface area contributed by atoms with Gasteiger partial charge in [0.15, 0.2) is 0 Å². The molecule has 2 unspecified atom stereocenters. The van der Waals surface area contributed by atoms with E-state index < -0.39 is 4.92 Å². The summed E-state index contributed by atoms with van der Waals surface area (Å²) in [6.45, 7) is 1.21. The molecule has 0 amide bonds. The maximum absolute atomic E-state index is 11.0. The van der Waals surface area contributed by atoms with Crippen LogP contribution in [0.15, 0.2) is 18.2 Å². The van der Waals surface area contributed by atoms with Gasteiger partial charge in [0.1, 0.15) is 0 Å². The molecule has 1 aromatic carbocycles. The van der Waals surface area contributed by atoms with Crippen molar-refractivity contribution in [2.75, 3.05) is 13.2 Å². The second-order valence-electron chi connectivity index (χ2n) is 4.37. The summed E-state index contributed by atoms with van der Waals surface area (Å²) in [4.78, 5) is 10.6. The minimum atomic E-state index is -0.409. The second-order valence-corrected chi connectivity index (χ2v) is 5.37. The number of hydrogen-bond donors (Lipinski definition) is 0. The Morgan fingerprint density at radius 1 is 1.50 bits per heavy atom. The van der Waals surface area contributed by atoms with Crippen molar-refractivity contribution in [3.8, 4) is 0 Å². The minimum Gasteiger partial charge on any atom is -0.381 e. The predicted octanol–water partition coefficient (Wildman–Crippen LogP) is 3.43. The lowest BCUT2D eigenvalue weighted by Gasteiger charge is -2.27. The zero-order valence-electron chi connectivity index (χ0n) is 9.64. The van der Waals surface area contributed by atoms with Crippen molar-refractivity contribution in [3.63, 3.8) is 0 Å². The van der Waals surface area contributed by atoms with E-state index in [1.165, 1.54) is 6.07 Å². The van der Waals surface area contributed by atoms with Crippen LogP contribution >= 0.6 is 23.2 Å². The van der Waals surface area contributed by atoms with Gasteiger partial charge >= 0.3 is 0 Å². The quantitative estimate of drug-likeness (QED) is 0.487. The molecule has 2 atom stereocenters. The van der Waals surface area contributed by atoms with Crippen molar-refractivity contribution in [1.29, 1.82) is 0 Å². The molecule has 98 valence electrons. The van der Waals surface area contributed by atoms with E-state index in [4.69, 9.17) is 27.9 Å². The third-order valence-electron chi connectivity index (χ3n) is 3.11. The molecule has 0 N–H and O–H groups in total. The normalized spacial score (nSPS) is 23.9. The smallest absolute Gasteiger partial charge is 0.274 e. The van der Waals surface area contributed by atoms with Crippen molar-refractivity contribution in [3.05, 3.63) is 38.9 Å². The van der Waals surface area contributed by atoms with Crippen LogP contribution in [-0.4, -0.2) is 23.5 Å². The molecule has 0 aliphatic carbocycles. The van der Waals surface area contributed by atoms with Crippen LogP contribution in [0.3, 0.4) is 0 Å². The number of benzene rings is 1. The first kappa shape index (κ1) is 13.6. The van der Waals surface area contributed by atoms with E-state index in [1.54, 1.807) is 12.1 Å². The van der Waals surface area contributed by atoms with Crippen molar-refractivity contribution in [2.24, 2.45) is 5.92 Å². The number of nitrogens with zero attached hydrogens (tertiary/aromatic N) is 1. The first-order valence-corrected chi connectivity index (χ1v) is 6.54. The van der Waals surface area contributed by atoms with Crippen LogP contribution in [0.1, 0.15) is 12.0 Å². The molecule has 1 aliphatic rings. The average Bonchev–Trinajstić information content (AvgIpc) is 2.34. The van der Waals surface area contributed by atoms with Gasteiger partial charge in [-0.05, 0) is 18.9 Å². The molecule has 4 nitrogen and oxygen atoms in total. The molecule has 1 heterocycles. The van der Waals surface area contributed by atoms with Crippen LogP contribution in [0, 0.1) is 16.0 Å². The topological polar surface area (TPSA) is 52.4 Å². The Bertz CT molecular complexity index is 453. The first-order chi connectivity index (χ1) is 8.58. The predicted molar refractivity (Wildman–Crippen MR) is 70.4 cm³/mol. The van der Waals surface area contributed by atoms with Crippen molar-refractivity contribution < 1.29 is 9.66 Å². The summed E-state index contributed by atoms with van der Waals surface area (Å²) in [5.74, 6) is 0.111. The maximum Gasteiger partial charge on any atom is 0.274 e. The highest BCUT2D eigenvalue weighted by atomic mass is 35.5. The summed E-state index contributed by atoms with van der Waals surface area (Å²) in [6.07, 6.45) is 1.33. The molecule has 2 rings (SSSR count). The molecule has 6 heteroatoms. The Morgan fingerprint density at radius 2 is 2.28 bits per heavy atom. The molecule has 1 saturated heterocycles. The van der Waals surface area contributed by atoms with Crippen LogP contribution in [0.4, 0.5) is 5.69 Å². The van der Waals surface area contributed by atoms with E-state index in [-0.39, 0.29) is 17.0 Å². The zero-order valence-corrected chi connectivity index (χ0v) is 11.2. The van der Waals surface area contributed by atoms with Crippen LogP contribution in [0.5, 0.6) is 0 Å². The number of halogens is 2. The second kappa shape index (κ2) is 5.87. The number of nitro benzene ring substituents is 1. The Balaban J connectivity index is 2.20. The molecule has 1 fully saturated rings. The fourth-order valence-corrected chi connectivity index (χ4v) is 2.54. The van der Waals surface area contributed by atoms with Gasteiger partial charge in [-0.1, -0.05) is 17.7 Å². The lowest BCUT2D eigenvalue weighted by atomic mass is 9.93. The number of nitro groups is 1. The Morgan fingerprint density at radius 3 is 2.94 bits per heavy atom. The average molecular weight is 290 g/mol. The summed E-state index contributed by atoms with van der Waals surface area (Å²) in [5, 5.41) is 11.4. The minimum absolute atomic E-state index is 0.00836. The third-order valence-corrected chi connectivity index (χ3v) is 3.92. The number of ether oxygens (including phenoxy) is 1. The van der Waals surface area contributed by atoms with Gasteiger partial charge in [-0.25, -0.2) is 0 Å². The summed E-state index contributed by atoms with van der Waals surface area (Å²) in [5.41, 5.74) is 0.711. The van der Waals surface area contributed by atoms with Gasteiger partial charge in [-0.15, -0.1) is 11.6 Å². The van der Waals surface area contributed by atoms with Crippen molar-refractivity contribution in [2.45, 2.75) is 18.2 Å². The van der Waals surface area contributed by atoms with Crippen LogP contribution in [-0.2, 0) is 11.2 Å². The van der Waals surface area contributed by atoms with E-state index in [0.29, 0.717) is 30.2 Å². The molecule has 18 heavy (non-hydrogen) atoms. The third kappa shape index (κ3) is 3.13. The zero-order chi connectivity index (χ0) is 13.1. The maximum atomic E-state index is 11.0. The van der Waals surface area contributed by atoms with E-state index in [2.05, 4.69) is 0 Å². The molecule has 0 saturated carbocycles. The van der Waals surface area contributed by atoms with Gasteiger partial charge in [0.2, 0.25) is 0 Å². The van der Waals surface area contributed by atoms with Crippen LogP contribution in [0.2, 0.25) is 5.02 Å². The van der Waals surface area contributed by atoms with Crippen LogP contribution in [0.25, 0.3) is 0 Å². The number of alkyl halides is 1. The Kier molecular flexibility index (Phi) is 4.43. The molecule has 1 aliphatic heterocycles. The van der Waals surface area contributed by atoms with E-state index in [0.717, 1.165) is 6.42 Å². The molecule has 1 aromatic rings. The number of rotatable bonds is 3. The van der Waals surface area contributed by atoms with Gasteiger partial charge in [-0.3, -0.25) is 10.1 Å². The lowest BCUT2D eigenvalue weighted by Crippen LogP contribution is -2.29. The van der Waals surface area contributed by atoms with Gasteiger partial charge in [0, 0.05) is 34.6 Å². The Labute approximate surface area is 115 Å². The van der Waals surface area contributed by atoms with E-state index in [9.17, 15) is 10.1 Å². The van der Waals surface area contributed by atoms with Crippen LogP contribution < -0.4 is 0 Å². The molecule has 0 spiro atoms. The Hall–Kier alpha value is -0.840. The molecule has 0 bridgehead atoms. The highest BCUT2D eigenvalue weighted by Gasteiger charge is 2.26. The van der Waals surface area contributed by atoms with Gasteiger partial charge < -0.3 is 4.74 Å². The summed E-state index contributed by atoms with van der Waals surface area (Å²) >= 11 is 12.0. The van der Waals surface area contributed by atoms with Gasteiger partial charge in [-0.2, -0.15) is 0 Å². The van der Waals surface area contributed by atoms with E-state index >= 15 is 0 Å². The molecular weight excluding hydrogens is 277 g/mol. The monoisotopic (exact) mass is 289 g/mol. The SMILES string of the molecule is O=[N+]([O-])c1cc(Cl)ccc1CC1COCCC1Cl. The molecule has 0 aromatic heterocycles. The number of hydrogen-bond acceptors (Lipinski definition) is 3. The fraction of sp³-hybridized carbons (Fsp3) is 0.500. The standard InChI is InChI=1S/C12H13Cl2NO3/c13-10-2-1-8(12(6-10)15(16)17)5-9-7-18-4-3-11(9)14/h1-2,6,9,11H,3-5,7H2. The summed E-state index contributed by atoms with van der Waals surface area (Å²) < 4.78 is 5.37. The largest absolute Gasteiger partial charge is 0.381 e. The first-order valence-electron chi connectivity index (χ1n) is 5.72. The fourth-order valence-electron chi connectivity index (χ4n) is 2.12. The highest BCUT2D eigenvalue weighted by molar-refractivity contribution is 6.30.